The third-order valence-electron chi connectivity index (χ3n) is 3.24. The molecular formula is C16H17ClN2O5S. The number of halogens is 1. The molecule has 0 bridgehead atoms. The summed E-state index contributed by atoms with van der Waals surface area (Å²) in [5.41, 5.74) is 0.167. The highest BCUT2D eigenvalue weighted by atomic mass is 35.5. The number of primary sulfonamides is 1. The SMILES string of the molecule is COc1ccc(S(N)(=O)=O)cc1NC(=O)[C@H](C)Oc1cccc(Cl)c1. The van der Waals surface area contributed by atoms with Crippen LogP contribution in [0, 0.1) is 0 Å². The Morgan fingerprint density at radius 2 is 1.96 bits per heavy atom. The van der Waals surface area contributed by atoms with Crippen LogP contribution in [-0.4, -0.2) is 27.5 Å². The standard InChI is InChI=1S/C16H17ClN2O5S/c1-10(24-12-5-3-4-11(17)8-12)16(20)19-14-9-13(25(18,21)22)6-7-15(14)23-2/h3-10H,1-2H3,(H,19,20)(H2,18,21,22)/t10-/m0/s1. The molecule has 0 aliphatic heterocycles. The van der Waals surface area contributed by atoms with Gasteiger partial charge in [-0.25, -0.2) is 13.6 Å². The van der Waals surface area contributed by atoms with E-state index in [1.807, 2.05) is 0 Å². The summed E-state index contributed by atoms with van der Waals surface area (Å²) in [7, 11) is -2.52. The second kappa shape index (κ2) is 7.73. The van der Waals surface area contributed by atoms with E-state index in [0.717, 1.165) is 0 Å². The summed E-state index contributed by atoms with van der Waals surface area (Å²) in [6.07, 6.45) is -0.860. The van der Waals surface area contributed by atoms with E-state index in [0.29, 0.717) is 10.8 Å². The number of anilines is 1. The summed E-state index contributed by atoms with van der Waals surface area (Å²) < 4.78 is 33.6. The summed E-state index contributed by atoms with van der Waals surface area (Å²) in [6.45, 7) is 1.55. The average molecular weight is 385 g/mol. The molecule has 2 aromatic carbocycles. The molecular weight excluding hydrogens is 368 g/mol. The fourth-order valence-corrected chi connectivity index (χ4v) is 2.71. The highest BCUT2D eigenvalue weighted by molar-refractivity contribution is 7.89. The van der Waals surface area contributed by atoms with E-state index in [1.54, 1.807) is 31.2 Å². The van der Waals surface area contributed by atoms with Crippen LogP contribution in [0.25, 0.3) is 0 Å². The van der Waals surface area contributed by atoms with E-state index in [2.05, 4.69) is 5.32 Å². The lowest BCUT2D eigenvalue weighted by atomic mass is 10.2. The summed E-state index contributed by atoms with van der Waals surface area (Å²) in [5.74, 6) is 0.223. The molecule has 0 aliphatic rings. The fourth-order valence-electron chi connectivity index (χ4n) is 1.99. The maximum atomic E-state index is 12.3. The van der Waals surface area contributed by atoms with Crippen LogP contribution in [0.15, 0.2) is 47.4 Å². The molecule has 0 saturated heterocycles. The van der Waals surface area contributed by atoms with Crippen LogP contribution in [0.4, 0.5) is 5.69 Å². The second-order valence-corrected chi connectivity index (χ2v) is 7.11. The van der Waals surface area contributed by atoms with Gasteiger partial charge >= 0.3 is 0 Å². The zero-order valence-electron chi connectivity index (χ0n) is 13.5. The van der Waals surface area contributed by atoms with E-state index in [4.69, 9.17) is 26.2 Å². The zero-order valence-corrected chi connectivity index (χ0v) is 15.1. The lowest BCUT2D eigenvalue weighted by Gasteiger charge is -2.16. The summed E-state index contributed by atoms with van der Waals surface area (Å²) >= 11 is 5.87. The number of amides is 1. The van der Waals surface area contributed by atoms with E-state index in [1.165, 1.54) is 25.3 Å². The van der Waals surface area contributed by atoms with Crippen LogP contribution in [0.3, 0.4) is 0 Å². The number of sulfonamides is 1. The first-order valence-corrected chi connectivity index (χ1v) is 9.07. The Kier molecular flexibility index (Phi) is 5.89. The Labute approximate surface area is 150 Å². The molecule has 0 heterocycles. The van der Waals surface area contributed by atoms with Crippen LogP contribution < -0.4 is 19.9 Å². The number of methoxy groups -OCH3 is 1. The van der Waals surface area contributed by atoms with Gasteiger partial charge in [0.2, 0.25) is 10.0 Å². The van der Waals surface area contributed by atoms with Gasteiger partial charge in [-0.05, 0) is 43.3 Å². The Balaban J connectivity index is 2.18. The van der Waals surface area contributed by atoms with E-state index in [9.17, 15) is 13.2 Å². The summed E-state index contributed by atoms with van der Waals surface area (Å²) in [5, 5.41) is 8.15. The van der Waals surface area contributed by atoms with Crippen LogP contribution in [0.5, 0.6) is 11.5 Å². The van der Waals surface area contributed by atoms with Crippen LogP contribution in [0.1, 0.15) is 6.92 Å². The van der Waals surface area contributed by atoms with Crippen molar-refractivity contribution in [3.8, 4) is 11.5 Å². The number of hydrogen-bond donors (Lipinski definition) is 2. The predicted octanol–water partition coefficient (Wildman–Crippen LogP) is 2.40. The average Bonchev–Trinajstić information content (AvgIpc) is 2.53. The molecule has 2 rings (SSSR count). The number of ether oxygens (including phenoxy) is 2. The van der Waals surface area contributed by atoms with E-state index >= 15 is 0 Å². The lowest BCUT2D eigenvalue weighted by molar-refractivity contribution is -0.122. The minimum Gasteiger partial charge on any atom is -0.495 e. The van der Waals surface area contributed by atoms with Crippen molar-refractivity contribution >= 4 is 33.2 Å². The number of benzene rings is 2. The molecule has 0 unspecified atom stereocenters. The van der Waals surface area contributed by atoms with Crippen molar-refractivity contribution < 1.29 is 22.7 Å². The van der Waals surface area contributed by atoms with Gasteiger partial charge in [-0.3, -0.25) is 4.79 Å². The Hall–Kier alpha value is -2.29. The van der Waals surface area contributed by atoms with E-state index < -0.39 is 22.0 Å². The first kappa shape index (κ1) is 19.0. The third-order valence-corrected chi connectivity index (χ3v) is 4.38. The van der Waals surface area contributed by atoms with Crippen LogP contribution in [0.2, 0.25) is 5.02 Å². The summed E-state index contributed by atoms with van der Waals surface area (Å²) in [4.78, 5) is 12.2. The first-order valence-electron chi connectivity index (χ1n) is 7.14. The Morgan fingerprint density at radius 3 is 2.56 bits per heavy atom. The molecule has 0 radical (unpaired) electrons. The van der Waals surface area contributed by atoms with Crippen molar-refractivity contribution in [1.82, 2.24) is 0 Å². The molecule has 3 N–H and O–H groups in total. The molecule has 0 fully saturated rings. The maximum absolute atomic E-state index is 12.3. The van der Waals surface area contributed by atoms with Crippen molar-refractivity contribution in [2.45, 2.75) is 17.9 Å². The molecule has 25 heavy (non-hydrogen) atoms. The molecule has 7 nitrogen and oxygen atoms in total. The topological polar surface area (TPSA) is 108 Å². The van der Waals surface area contributed by atoms with Gasteiger partial charge in [0.1, 0.15) is 11.5 Å². The number of carbonyl (C=O) groups is 1. The van der Waals surface area contributed by atoms with Gasteiger partial charge in [0.15, 0.2) is 6.10 Å². The van der Waals surface area contributed by atoms with Crippen molar-refractivity contribution in [3.63, 3.8) is 0 Å². The molecule has 0 aliphatic carbocycles. The van der Waals surface area contributed by atoms with Gasteiger partial charge in [0.05, 0.1) is 17.7 Å². The first-order chi connectivity index (χ1) is 11.7. The highest BCUT2D eigenvalue weighted by Crippen LogP contribution is 2.27. The van der Waals surface area contributed by atoms with Gasteiger partial charge in [0, 0.05) is 5.02 Å². The molecule has 0 aromatic heterocycles. The Morgan fingerprint density at radius 1 is 1.24 bits per heavy atom. The molecule has 1 amide bonds. The molecule has 0 spiro atoms. The normalized spacial score (nSPS) is 12.3. The molecule has 9 heteroatoms. The third kappa shape index (κ3) is 5.09. The minimum absolute atomic E-state index is 0.146. The summed E-state index contributed by atoms with van der Waals surface area (Å²) in [6, 6.07) is 10.5. The smallest absolute Gasteiger partial charge is 0.265 e. The number of rotatable bonds is 6. The van der Waals surface area contributed by atoms with E-state index in [-0.39, 0.29) is 16.3 Å². The fraction of sp³-hybridized carbons (Fsp3) is 0.188. The molecule has 134 valence electrons. The Bertz CT molecular complexity index is 886. The van der Waals surface area contributed by atoms with Gasteiger partial charge in [-0.15, -0.1) is 0 Å². The number of carbonyl (C=O) groups excluding carboxylic acids is 1. The van der Waals surface area contributed by atoms with Gasteiger partial charge in [-0.1, -0.05) is 17.7 Å². The molecule has 0 saturated carbocycles. The van der Waals surface area contributed by atoms with Crippen molar-refractivity contribution in [2.75, 3.05) is 12.4 Å². The second-order valence-electron chi connectivity index (χ2n) is 5.11. The van der Waals surface area contributed by atoms with Gasteiger partial charge in [-0.2, -0.15) is 0 Å². The van der Waals surface area contributed by atoms with Crippen LogP contribution >= 0.6 is 11.6 Å². The van der Waals surface area contributed by atoms with Crippen molar-refractivity contribution in [3.05, 3.63) is 47.5 Å². The largest absolute Gasteiger partial charge is 0.495 e. The number of hydrogen-bond acceptors (Lipinski definition) is 5. The zero-order chi connectivity index (χ0) is 18.6. The highest BCUT2D eigenvalue weighted by Gasteiger charge is 2.19. The van der Waals surface area contributed by atoms with Gasteiger partial charge < -0.3 is 14.8 Å². The van der Waals surface area contributed by atoms with Crippen LogP contribution in [-0.2, 0) is 14.8 Å². The molecule has 2 aromatic rings. The monoisotopic (exact) mass is 384 g/mol. The number of nitrogens with two attached hydrogens (primary N) is 1. The van der Waals surface area contributed by atoms with Crippen molar-refractivity contribution in [1.29, 1.82) is 0 Å². The van der Waals surface area contributed by atoms with Gasteiger partial charge in [0.25, 0.3) is 5.91 Å². The van der Waals surface area contributed by atoms with Crippen molar-refractivity contribution in [2.24, 2.45) is 5.14 Å². The quantitative estimate of drug-likeness (QED) is 0.795. The predicted molar refractivity (Wildman–Crippen MR) is 94.5 cm³/mol. The number of nitrogens with one attached hydrogen (secondary N) is 1. The molecule has 1 atom stereocenters. The maximum Gasteiger partial charge on any atom is 0.265 e. The minimum atomic E-state index is -3.91. The lowest BCUT2D eigenvalue weighted by Crippen LogP contribution is -2.30.